The Hall–Kier alpha value is -3.02. The lowest BCUT2D eigenvalue weighted by Gasteiger charge is -2.30. The average Bonchev–Trinajstić information content (AvgIpc) is 3.51. The summed E-state index contributed by atoms with van der Waals surface area (Å²) < 4.78 is 11.9. The maximum absolute atomic E-state index is 13.2. The van der Waals surface area contributed by atoms with Crippen molar-refractivity contribution in [3.63, 3.8) is 0 Å². The highest BCUT2D eigenvalue weighted by Gasteiger charge is 2.34. The number of hydrogen-bond acceptors (Lipinski definition) is 4. The van der Waals surface area contributed by atoms with Gasteiger partial charge in [-0.2, -0.15) is 0 Å². The van der Waals surface area contributed by atoms with Gasteiger partial charge in [-0.05, 0) is 55.5 Å². The average molecular weight is 380 g/mol. The molecule has 0 saturated heterocycles. The van der Waals surface area contributed by atoms with Gasteiger partial charge in [0.25, 0.3) is 0 Å². The lowest BCUT2D eigenvalue weighted by Crippen LogP contribution is -2.42. The summed E-state index contributed by atoms with van der Waals surface area (Å²) in [5, 5.41) is 0. The number of methoxy groups -OCH3 is 1. The fourth-order valence-electron chi connectivity index (χ4n) is 3.61. The van der Waals surface area contributed by atoms with Crippen molar-refractivity contribution in [3.05, 3.63) is 64.6 Å². The van der Waals surface area contributed by atoms with Crippen molar-refractivity contribution in [2.45, 2.75) is 38.9 Å². The van der Waals surface area contributed by atoms with E-state index in [9.17, 15) is 9.59 Å². The highest BCUT2D eigenvalue weighted by Crippen LogP contribution is 2.36. The van der Waals surface area contributed by atoms with Crippen molar-refractivity contribution in [1.82, 2.24) is 9.47 Å². The van der Waals surface area contributed by atoms with E-state index < -0.39 is 5.76 Å². The van der Waals surface area contributed by atoms with E-state index in [1.807, 2.05) is 41.3 Å². The Labute approximate surface area is 163 Å². The molecule has 1 fully saturated rings. The lowest BCUT2D eigenvalue weighted by atomic mass is 10.1. The summed E-state index contributed by atoms with van der Waals surface area (Å²) in [7, 11) is 1.63. The largest absolute Gasteiger partial charge is 0.497 e. The Morgan fingerprint density at radius 2 is 1.93 bits per heavy atom. The van der Waals surface area contributed by atoms with E-state index in [2.05, 4.69) is 6.92 Å². The van der Waals surface area contributed by atoms with Crippen LogP contribution in [0.1, 0.15) is 25.3 Å². The number of amides is 1. The van der Waals surface area contributed by atoms with Crippen molar-refractivity contribution in [2.75, 3.05) is 7.11 Å². The fraction of sp³-hybridized carbons (Fsp3) is 0.364. The second-order valence-corrected chi connectivity index (χ2v) is 7.37. The van der Waals surface area contributed by atoms with E-state index in [4.69, 9.17) is 9.15 Å². The number of rotatable bonds is 7. The zero-order chi connectivity index (χ0) is 19.7. The number of nitrogens with zero attached hydrogens (tertiary/aromatic N) is 2. The molecule has 1 unspecified atom stereocenters. The zero-order valence-corrected chi connectivity index (χ0v) is 16.1. The van der Waals surface area contributed by atoms with Gasteiger partial charge < -0.3 is 14.1 Å². The molecule has 1 saturated carbocycles. The standard InChI is InChI=1S/C22H24N2O4/c1-15(17-9-10-17)23(13-16-7-11-18(27-2)12-8-16)21(25)14-24-19-5-3-4-6-20(19)28-22(24)26/h3-8,11-12,15,17H,9-10,13-14H2,1-2H3. The lowest BCUT2D eigenvalue weighted by molar-refractivity contribution is -0.135. The van der Waals surface area contributed by atoms with Crippen molar-refractivity contribution in [1.29, 1.82) is 0 Å². The third-order valence-corrected chi connectivity index (χ3v) is 5.50. The van der Waals surface area contributed by atoms with Crippen molar-refractivity contribution in [2.24, 2.45) is 5.92 Å². The Morgan fingerprint density at radius 3 is 2.61 bits per heavy atom. The summed E-state index contributed by atoms with van der Waals surface area (Å²) in [6.45, 7) is 2.57. The number of oxazole rings is 1. The van der Waals surface area contributed by atoms with Crippen LogP contribution in [0.5, 0.6) is 5.75 Å². The molecule has 2 aromatic carbocycles. The van der Waals surface area contributed by atoms with Gasteiger partial charge in [0, 0.05) is 12.6 Å². The topological polar surface area (TPSA) is 64.7 Å². The molecule has 3 aromatic rings. The van der Waals surface area contributed by atoms with Crippen LogP contribution in [0.15, 0.2) is 57.7 Å². The van der Waals surface area contributed by atoms with Gasteiger partial charge in [0.1, 0.15) is 12.3 Å². The number of aromatic nitrogens is 1. The SMILES string of the molecule is COc1ccc(CN(C(=O)Cn2c(=O)oc3ccccc32)C(C)C2CC2)cc1. The third kappa shape index (κ3) is 3.67. The predicted molar refractivity (Wildman–Crippen MR) is 106 cm³/mol. The molecule has 4 rings (SSSR count). The van der Waals surface area contributed by atoms with Crippen LogP contribution in [0.2, 0.25) is 0 Å². The first kappa shape index (κ1) is 18.3. The minimum atomic E-state index is -0.502. The summed E-state index contributed by atoms with van der Waals surface area (Å²) >= 11 is 0. The van der Waals surface area contributed by atoms with Crippen LogP contribution < -0.4 is 10.5 Å². The normalized spacial score (nSPS) is 14.8. The summed E-state index contributed by atoms with van der Waals surface area (Å²) in [4.78, 5) is 27.3. The maximum Gasteiger partial charge on any atom is 0.420 e. The highest BCUT2D eigenvalue weighted by atomic mass is 16.5. The molecule has 0 spiro atoms. The molecule has 28 heavy (non-hydrogen) atoms. The molecule has 1 aliphatic carbocycles. The Morgan fingerprint density at radius 1 is 1.21 bits per heavy atom. The van der Waals surface area contributed by atoms with Gasteiger partial charge in [-0.25, -0.2) is 4.79 Å². The number of hydrogen-bond donors (Lipinski definition) is 0. The Bertz CT molecular complexity index is 1030. The van der Waals surface area contributed by atoms with Gasteiger partial charge in [-0.3, -0.25) is 9.36 Å². The summed E-state index contributed by atoms with van der Waals surface area (Å²) in [5.41, 5.74) is 2.17. The van der Waals surface area contributed by atoms with Crippen LogP contribution >= 0.6 is 0 Å². The summed E-state index contributed by atoms with van der Waals surface area (Å²) in [5.74, 6) is 0.732. The molecule has 0 radical (unpaired) electrons. The monoisotopic (exact) mass is 380 g/mol. The molecular formula is C22H24N2O4. The van der Waals surface area contributed by atoms with Crippen molar-refractivity contribution >= 4 is 17.0 Å². The summed E-state index contributed by atoms with van der Waals surface area (Å²) in [6.07, 6.45) is 2.28. The second-order valence-electron chi connectivity index (χ2n) is 7.37. The van der Waals surface area contributed by atoms with E-state index in [-0.39, 0.29) is 18.5 Å². The summed E-state index contributed by atoms with van der Waals surface area (Å²) in [6, 6.07) is 15.0. The predicted octanol–water partition coefficient (Wildman–Crippen LogP) is 3.43. The highest BCUT2D eigenvalue weighted by molar-refractivity contribution is 5.80. The van der Waals surface area contributed by atoms with Gasteiger partial charge in [0.2, 0.25) is 5.91 Å². The number of benzene rings is 2. The molecule has 146 valence electrons. The smallest absolute Gasteiger partial charge is 0.420 e. The van der Waals surface area contributed by atoms with E-state index in [0.717, 1.165) is 24.2 Å². The van der Waals surface area contributed by atoms with Gasteiger partial charge >= 0.3 is 5.76 Å². The van der Waals surface area contributed by atoms with E-state index >= 15 is 0 Å². The minimum Gasteiger partial charge on any atom is -0.497 e. The fourth-order valence-corrected chi connectivity index (χ4v) is 3.61. The molecule has 6 nitrogen and oxygen atoms in total. The van der Waals surface area contributed by atoms with Crippen molar-refractivity contribution < 1.29 is 13.9 Å². The maximum atomic E-state index is 13.2. The Kier molecular flexibility index (Phi) is 4.94. The molecule has 0 aliphatic heterocycles. The number of carbonyl (C=O) groups excluding carboxylic acids is 1. The molecule has 6 heteroatoms. The molecule has 1 aromatic heterocycles. The van der Waals surface area contributed by atoms with Crippen LogP contribution in [0, 0.1) is 5.92 Å². The molecule has 1 heterocycles. The third-order valence-electron chi connectivity index (χ3n) is 5.50. The number of carbonyl (C=O) groups is 1. The first-order chi connectivity index (χ1) is 13.6. The number of ether oxygens (including phenoxy) is 1. The number of fused-ring (bicyclic) bond motifs is 1. The van der Waals surface area contributed by atoms with Crippen LogP contribution in [0.25, 0.3) is 11.1 Å². The van der Waals surface area contributed by atoms with Crippen LogP contribution in [0.4, 0.5) is 0 Å². The van der Waals surface area contributed by atoms with Crippen molar-refractivity contribution in [3.8, 4) is 5.75 Å². The van der Waals surface area contributed by atoms with Crippen LogP contribution in [0.3, 0.4) is 0 Å². The van der Waals surface area contributed by atoms with Crippen LogP contribution in [-0.2, 0) is 17.9 Å². The molecule has 1 atom stereocenters. The quantitative estimate of drug-likeness (QED) is 0.630. The van der Waals surface area contributed by atoms with Crippen LogP contribution in [-0.4, -0.2) is 28.5 Å². The van der Waals surface area contributed by atoms with Gasteiger partial charge in [0.15, 0.2) is 5.58 Å². The zero-order valence-electron chi connectivity index (χ0n) is 16.1. The molecule has 1 aliphatic rings. The molecule has 0 N–H and O–H groups in total. The van der Waals surface area contributed by atoms with Gasteiger partial charge in [0.05, 0.1) is 12.6 Å². The Balaban J connectivity index is 1.59. The second kappa shape index (κ2) is 7.54. The van der Waals surface area contributed by atoms with Gasteiger partial charge in [-0.1, -0.05) is 24.3 Å². The van der Waals surface area contributed by atoms with E-state index in [1.54, 1.807) is 19.2 Å². The van der Waals surface area contributed by atoms with E-state index in [0.29, 0.717) is 23.6 Å². The minimum absolute atomic E-state index is 0.0247. The first-order valence-corrected chi connectivity index (χ1v) is 9.57. The molecule has 0 bridgehead atoms. The van der Waals surface area contributed by atoms with E-state index in [1.165, 1.54) is 4.57 Å². The molecular weight excluding hydrogens is 356 g/mol. The number of para-hydroxylation sites is 2. The van der Waals surface area contributed by atoms with Gasteiger partial charge in [-0.15, -0.1) is 0 Å². The first-order valence-electron chi connectivity index (χ1n) is 9.57. The molecule has 1 amide bonds.